The van der Waals surface area contributed by atoms with Gasteiger partial charge in [-0.15, -0.1) is 0 Å². The molecule has 0 spiro atoms. The summed E-state index contributed by atoms with van der Waals surface area (Å²) in [6.45, 7) is 18.7. The van der Waals surface area contributed by atoms with Crippen molar-refractivity contribution in [1.29, 1.82) is 0 Å². The highest BCUT2D eigenvalue weighted by atomic mass is 32.2. The van der Waals surface area contributed by atoms with Crippen LogP contribution in [0.2, 0.25) is 0 Å². The fourth-order valence-corrected chi connectivity index (χ4v) is 5.86. The van der Waals surface area contributed by atoms with Crippen LogP contribution >= 0.6 is 11.8 Å². The van der Waals surface area contributed by atoms with E-state index >= 15 is 0 Å². The third-order valence-electron chi connectivity index (χ3n) is 8.07. The molecule has 0 bridgehead atoms. The zero-order chi connectivity index (χ0) is 38.9. The van der Waals surface area contributed by atoms with Crippen molar-refractivity contribution in [3.8, 4) is 0 Å². The molecule has 1 aromatic carbocycles. The minimum Gasteiger partial charge on any atom is -0.444 e. The summed E-state index contributed by atoms with van der Waals surface area (Å²) >= 11 is 1.53. The van der Waals surface area contributed by atoms with E-state index in [1.54, 1.807) is 27.7 Å². The highest BCUT2D eigenvalue weighted by Crippen LogP contribution is 2.18. The molecule has 0 saturated heterocycles. The molecule has 0 aromatic heterocycles. The van der Waals surface area contributed by atoms with Gasteiger partial charge < -0.3 is 36.4 Å². The van der Waals surface area contributed by atoms with Crippen molar-refractivity contribution in [2.45, 2.75) is 137 Å². The molecule has 12 nitrogen and oxygen atoms in total. The highest BCUT2D eigenvalue weighted by Gasteiger charge is 2.33. The Labute approximate surface area is 310 Å². The normalized spacial score (nSPS) is 15.3. The minimum atomic E-state index is -1.08. The van der Waals surface area contributed by atoms with E-state index < -0.39 is 59.7 Å². The van der Waals surface area contributed by atoms with Crippen molar-refractivity contribution >= 4 is 41.5 Å². The highest BCUT2D eigenvalue weighted by molar-refractivity contribution is 7.98. The van der Waals surface area contributed by atoms with Gasteiger partial charge in [-0.05, 0) is 81.8 Å². The van der Waals surface area contributed by atoms with E-state index in [2.05, 4.69) is 26.6 Å². The van der Waals surface area contributed by atoms with Crippen molar-refractivity contribution in [3.05, 3.63) is 35.9 Å². The number of aliphatic hydroxyl groups excluding tert-OH is 1. The first-order valence-electron chi connectivity index (χ1n) is 18.1. The van der Waals surface area contributed by atoms with Gasteiger partial charge in [-0.3, -0.25) is 19.2 Å². The van der Waals surface area contributed by atoms with E-state index in [0.29, 0.717) is 31.6 Å². The number of hydrogen-bond acceptors (Lipinski definition) is 8. The van der Waals surface area contributed by atoms with Crippen LogP contribution < -0.4 is 26.6 Å². The quantitative estimate of drug-likeness (QED) is 0.107. The molecule has 1 aromatic rings. The molecule has 0 aliphatic rings. The van der Waals surface area contributed by atoms with Crippen LogP contribution in [0.5, 0.6) is 0 Å². The average molecular weight is 736 g/mol. The number of nitrogens with one attached hydrogen (secondary N) is 5. The molecular weight excluding hydrogens is 671 g/mol. The van der Waals surface area contributed by atoms with Crippen LogP contribution in [0.15, 0.2) is 30.3 Å². The first kappa shape index (κ1) is 45.7. The number of rotatable bonds is 21. The molecule has 1 unspecified atom stereocenters. The fraction of sp³-hybridized carbons (Fsp3) is 0.711. The first-order chi connectivity index (χ1) is 23.7. The van der Waals surface area contributed by atoms with Crippen molar-refractivity contribution in [2.75, 3.05) is 12.0 Å². The molecule has 51 heavy (non-hydrogen) atoms. The summed E-state index contributed by atoms with van der Waals surface area (Å²) in [6.07, 6.45) is 1.22. The Morgan fingerprint density at radius 3 is 1.86 bits per heavy atom. The van der Waals surface area contributed by atoms with Crippen molar-refractivity contribution < 1.29 is 33.8 Å². The Morgan fingerprint density at radius 1 is 0.745 bits per heavy atom. The molecular formula is C38H65N5O7S. The Morgan fingerprint density at radius 2 is 1.33 bits per heavy atom. The minimum absolute atomic E-state index is 0.0397. The van der Waals surface area contributed by atoms with Gasteiger partial charge in [0.1, 0.15) is 23.7 Å². The summed E-state index contributed by atoms with van der Waals surface area (Å²) < 4.78 is 5.36. The van der Waals surface area contributed by atoms with Crippen LogP contribution in [0.1, 0.15) is 100 Å². The molecule has 0 aliphatic carbocycles. The number of aliphatic hydroxyl groups is 1. The maximum atomic E-state index is 13.7. The summed E-state index contributed by atoms with van der Waals surface area (Å²) in [4.78, 5) is 66.1. The second-order valence-electron chi connectivity index (χ2n) is 15.6. The summed E-state index contributed by atoms with van der Waals surface area (Å²) in [6, 6.07) is 6.18. The number of benzene rings is 1. The second kappa shape index (κ2) is 22.6. The Bertz CT molecular complexity index is 1240. The first-order valence-corrected chi connectivity index (χ1v) is 19.5. The van der Waals surface area contributed by atoms with Gasteiger partial charge in [0.25, 0.3) is 0 Å². The average Bonchev–Trinajstić information content (AvgIpc) is 3.02. The van der Waals surface area contributed by atoms with E-state index in [4.69, 9.17) is 4.74 Å². The Balaban J connectivity index is 3.03. The van der Waals surface area contributed by atoms with E-state index in [0.717, 1.165) is 5.56 Å². The van der Waals surface area contributed by atoms with Gasteiger partial charge in [-0.25, -0.2) is 4.79 Å². The largest absolute Gasteiger partial charge is 0.444 e. The zero-order valence-corrected chi connectivity index (χ0v) is 33.4. The van der Waals surface area contributed by atoms with Crippen LogP contribution in [0, 0.1) is 23.7 Å². The van der Waals surface area contributed by atoms with Crippen LogP contribution in [0.25, 0.3) is 0 Å². The molecule has 13 heteroatoms. The number of thioether (sulfide) groups is 1. The van der Waals surface area contributed by atoms with Crippen molar-refractivity contribution in [1.82, 2.24) is 26.6 Å². The van der Waals surface area contributed by atoms with Gasteiger partial charge in [-0.2, -0.15) is 11.8 Å². The molecule has 1 rings (SSSR count). The molecule has 0 saturated carbocycles. The lowest BCUT2D eigenvalue weighted by Gasteiger charge is -2.30. The number of carbonyl (C=O) groups is 5. The SMILES string of the molecule is CSCC[C@H](NC(=O)[C@H](CC(C)C)NC(=O)OC(C)(C)C)C(=O)N[C@@H](CC(C)C)[C@@H](O)C[C@@H](C)C(=O)NC(C(=O)NCc1ccccc1)C(C)C. The van der Waals surface area contributed by atoms with E-state index in [9.17, 15) is 29.1 Å². The fourth-order valence-electron chi connectivity index (χ4n) is 5.39. The van der Waals surface area contributed by atoms with Crippen LogP contribution in [0.3, 0.4) is 0 Å². The predicted molar refractivity (Wildman–Crippen MR) is 204 cm³/mol. The lowest BCUT2D eigenvalue weighted by atomic mass is 9.91. The summed E-state index contributed by atoms with van der Waals surface area (Å²) in [5, 5.41) is 25.5. The number of alkyl carbamates (subject to hydrolysis) is 1. The molecule has 0 fully saturated rings. The lowest BCUT2D eigenvalue weighted by Crippen LogP contribution is -2.57. The molecule has 290 valence electrons. The molecule has 0 radical (unpaired) electrons. The van der Waals surface area contributed by atoms with E-state index in [-0.39, 0.29) is 36.0 Å². The van der Waals surface area contributed by atoms with Gasteiger partial charge >= 0.3 is 6.09 Å². The summed E-state index contributed by atoms with van der Waals surface area (Å²) in [7, 11) is 0. The van der Waals surface area contributed by atoms with Crippen LogP contribution in [0.4, 0.5) is 4.79 Å². The maximum Gasteiger partial charge on any atom is 0.408 e. The Kier molecular flexibility index (Phi) is 20.2. The smallest absolute Gasteiger partial charge is 0.408 e. The summed E-state index contributed by atoms with van der Waals surface area (Å²) in [5.74, 6) is -1.74. The number of carbonyl (C=O) groups excluding carboxylic acids is 5. The monoisotopic (exact) mass is 735 g/mol. The lowest BCUT2D eigenvalue weighted by molar-refractivity contribution is -0.133. The van der Waals surface area contributed by atoms with E-state index in [1.165, 1.54) is 11.8 Å². The van der Waals surface area contributed by atoms with Gasteiger partial charge in [0, 0.05) is 12.5 Å². The van der Waals surface area contributed by atoms with E-state index in [1.807, 2.05) is 78.1 Å². The van der Waals surface area contributed by atoms with Gasteiger partial charge in [0.05, 0.1) is 12.1 Å². The van der Waals surface area contributed by atoms with Gasteiger partial charge in [0.2, 0.25) is 23.6 Å². The predicted octanol–water partition coefficient (Wildman–Crippen LogP) is 4.54. The third kappa shape index (κ3) is 18.7. The van der Waals surface area contributed by atoms with Crippen LogP contribution in [-0.4, -0.2) is 82.7 Å². The second-order valence-corrected chi connectivity index (χ2v) is 16.5. The molecule has 0 aliphatic heterocycles. The molecule has 6 N–H and O–H groups in total. The molecule has 0 heterocycles. The van der Waals surface area contributed by atoms with Crippen molar-refractivity contribution in [3.63, 3.8) is 0 Å². The standard InChI is InChI=1S/C38H65N5O7S/c1-23(2)19-29(31(44)21-26(7)33(45)43-32(25(5)6)36(48)39-22-27-15-13-12-14-16-27)41-34(46)28(17-18-51-11)40-35(47)30(20-24(3)4)42-37(49)50-38(8,9)10/h12-16,23-26,28-32,44H,17-22H2,1-11H3,(H,39,48)(H,40,47)(H,41,46)(H,42,49)(H,43,45)/t26-,28+,29+,30+,31+,32?/m1/s1. The molecule has 5 amide bonds. The zero-order valence-electron chi connectivity index (χ0n) is 32.6. The number of ether oxygens (including phenoxy) is 1. The maximum absolute atomic E-state index is 13.7. The third-order valence-corrected chi connectivity index (χ3v) is 8.72. The number of hydrogen-bond donors (Lipinski definition) is 6. The van der Waals surface area contributed by atoms with Gasteiger partial charge in [-0.1, -0.05) is 78.8 Å². The Hall–Kier alpha value is -3.32. The molecule has 6 atom stereocenters. The van der Waals surface area contributed by atoms with Crippen molar-refractivity contribution in [2.24, 2.45) is 23.7 Å². The summed E-state index contributed by atoms with van der Waals surface area (Å²) in [5.41, 5.74) is 0.194. The van der Waals surface area contributed by atoms with Gasteiger partial charge in [0.15, 0.2) is 0 Å². The topological polar surface area (TPSA) is 175 Å². The number of amides is 5. The van der Waals surface area contributed by atoms with Crippen LogP contribution in [-0.2, 0) is 30.5 Å².